The highest BCUT2D eigenvalue weighted by molar-refractivity contribution is 7.09. The van der Waals surface area contributed by atoms with Crippen molar-refractivity contribution in [2.75, 3.05) is 0 Å². The fourth-order valence-electron chi connectivity index (χ4n) is 3.66. The number of benzene rings is 2. The van der Waals surface area contributed by atoms with Crippen molar-refractivity contribution >= 4 is 39.6 Å². The first kappa shape index (κ1) is 18.8. The number of aromatic nitrogens is 1. The minimum atomic E-state index is 0.0815. The molecule has 0 fully saturated rings. The number of hydrogen-bond donors (Lipinski definition) is 1. The number of aryl methyl sites for hydroxylation is 1. The van der Waals surface area contributed by atoms with Crippen LogP contribution in [0.2, 0.25) is 5.02 Å². The zero-order chi connectivity index (χ0) is 19.7. The third-order valence-corrected chi connectivity index (χ3v) is 6.11. The standard InChI is InChI=1S/C23H20ClNO2S/c1-15-23(22(27)10-7-16-4-2-5-17(24)12-16)20-13-18(26)8-9-21(20)25(15)14-19-6-3-11-28-19/h2-6,8-9,11-13,26H,7,10,14H2,1H3. The van der Waals surface area contributed by atoms with Crippen molar-refractivity contribution in [1.29, 1.82) is 0 Å². The Kier molecular flexibility index (Phi) is 5.25. The van der Waals surface area contributed by atoms with Gasteiger partial charge in [0.1, 0.15) is 5.75 Å². The lowest BCUT2D eigenvalue weighted by molar-refractivity contribution is 0.0983. The van der Waals surface area contributed by atoms with Gasteiger partial charge in [-0.1, -0.05) is 29.8 Å². The van der Waals surface area contributed by atoms with Crippen LogP contribution in [0.1, 0.15) is 32.9 Å². The van der Waals surface area contributed by atoms with E-state index in [0.717, 1.165) is 22.2 Å². The summed E-state index contributed by atoms with van der Waals surface area (Å²) in [7, 11) is 0. The van der Waals surface area contributed by atoms with E-state index < -0.39 is 0 Å². The molecule has 4 aromatic rings. The second-order valence-corrected chi connectivity index (χ2v) is 8.35. The Morgan fingerprint density at radius 3 is 2.75 bits per heavy atom. The van der Waals surface area contributed by atoms with Crippen LogP contribution in [0.15, 0.2) is 60.0 Å². The predicted octanol–water partition coefficient (Wildman–Crippen LogP) is 6.23. The number of nitrogens with zero attached hydrogens (tertiary/aromatic N) is 1. The summed E-state index contributed by atoms with van der Waals surface area (Å²) in [5, 5.41) is 13.5. The lowest BCUT2D eigenvalue weighted by Gasteiger charge is -2.07. The Hall–Kier alpha value is -2.56. The quantitative estimate of drug-likeness (QED) is 0.383. The maximum atomic E-state index is 13.1. The first-order valence-corrected chi connectivity index (χ1v) is 10.4. The van der Waals surface area contributed by atoms with Gasteiger partial charge in [-0.3, -0.25) is 4.79 Å². The van der Waals surface area contributed by atoms with E-state index in [1.165, 1.54) is 4.88 Å². The summed E-state index contributed by atoms with van der Waals surface area (Å²) in [6, 6.07) is 17.0. The number of phenolic OH excluding ortho intramolecular Hbond substituents is 1. The van der Waals surface area contributed by atoms with Crippen LogP contribution in [0.5, 0.6) is 5.75 Å². The van der Waals surface area contributed by atoms with E-state index in [0.29, 0.717) is 30.0 Å². The van der Waals surface area contributed by atoms with Crippen LogP contribution in [0.25, 0.3) is 10.9 Å². The third kappa shape index (κ3) is 3.71. The molecule has 0 aliphatic rings. The van der Waals surface area contributed by atoms with Crippen LogP contribution < -0.4 is 0 Å². The van der Waals surface area contributed by atoms with Crippen LogP contribution in [0.4, 0.5) is 0 Å². The molecule has 2 aromatic heterocycles. The summed E-state index contributed by atoms with van der Waals surface area (Å²) in [6.07, 6.45) is 1.03. The van der Waals surface area contributed by atoms with Gasteiger partial charge in [-0.2, -0.15) is 0 Å². The molecule has 2 aromatic carbocycles. The van der Waals surface area contributed by atoms with Crippen LogP contribution in [0.3, 0.4) is 0 Å². The molecule has 0 aliphatic carbocycles. The highest BCUT2D eigenvalue weighted by Gasteiger charge is 2.20. The molecule has 142 valence electrons. The summed E-state index contributed by atoms with van der Waals surface area (Å²) in [6.45, 7) is 2.70. The van der Waals surface area contributed by atoms with Gasteiger partial charge in [0.2, 0.25) is 0 Å². The smallest absolute Gasteiger partial charge is 0.165 e. The van der Waals surface area contributed by atoms with E-state index in [4.69, 9.17) is 11.6 Å². The van der Waals surface area contributed by atoms with Crippen molar-refractivity contribution in [3.05, 3.63) is 86.7 Å². The number of fused-ring (bicyclic) bond motifs is 1. The Labute approximate surface area is 172 Å². The summed E-state index contributed by atoms with van der Waals surface area (Å²) >= 11 is 7.75. The lowest BCUT2D eigenvalue weighted by atomic mass is 10.0. The van der Waals surface area contributed by atoms with Gasteiger partial charge in [0.25, 0.3) is 0 Å². The van der Waals surface area contributed by atoms with E-state index in [-0.39, 0.29) is 11.5 Å². The minimum Gasteiger partial charge on any atom is -0.508 e. The van der Waals surface area contributed by atoms with Crippen LogP contribution >= 0.6 is 22.9 Å². The SMILES string of the molecule is Cc1c(C(=O)CCc2cccc(Cl)c2)c2cc(O)ccc2n1Cc1cccs1. The zero-order valence-corrected chi connectivity index (χ0v) is 17.1. The number of hydrogen-bond acceptors (Lipinski definition) is 3. The number of thiophene rings is 1. The number of Topliss-reactive ketones (excluding diaryl/α,β-unsaturated/α-hetero) is 1. The second-order valence-electron chi connectivity index (χ2n) is 6.88. The fraction of sp³-hybridized carbons (Fsp3) is 0.174. The van der Waals surface area contributed by atoms with E-state index >= 15 is 0 Å². The molecular formula is C23H20ClNO2S. The van der Waals surface area contributed by atoms with E-state index in [9.17, 15) is 9.90 Å². The first-order chi connectivity index (χ1) is 13.5. The maximum absolute atomic E-state index is 13.1. The van der Waals surface area contributed by atoms with Crippen molar-refractivity contribution in [3.63, 3.8) is 0 Å². The number of phenols is 1. The normalized spacial score (nSPS) is 11.2. The average molecular weight is 410 g/mol. The Bertz CT molecular complexity index is 1150. The van der Waals surface area contributed by atoms with Gasteiger partial charge in [0, 0.05) is 38.5 Å². The van der Waals surface area contributed by atoms with Gasteiger partial charge in [0.05, 0.1) is 6.54 Å². The first-order valence-electron chi connectivity index (χ1n) is 9.15. The lowest BCUT2D eigenvalue weighted by Crippen LogP contribution is -2.05. The Morgan fingerprint density at radius 2 is 2.00 bits per heavy atom. The van der Waals surface area contributed by atoms with Crippen molar-refractivity contribution in [1.82, 2.24) is 4.57 Å². The van der Waals surface area contributed by atoms with Gasteiger partial charge >= 0.3 is 0 Å². The third-order valence-electron chi connectivity index (χ3n) is 5.01. The topological polar surface area (TPSA) is 42.2 Å². The molecule has 0 amide bonds. The molecule has 0 saturated carbocycles. The molecule has 0 bridgehead atoms. The molecule has 0 spiro atoms. The minimum absolute atomic E-state index is 0.0815. The molecule has 0 radical (unpaired) electrons. The van der Waals surface area contributed by atoms with E-state index in [1.54, 1.807) is 23.5 Å². The van der Waals surface area contributed by atoms with Gasteiger partial charge < -0.3 is 9.67 Å². The van der Waals surface area contributed by atoms with Gasteiger partial charge in [-0.05, 0) is 60.7 Å². The van der Waals surface area contributed by atoms with Crippen molar-refractivity contribution in [2.45, 2.75) is 26.3 Å². The van der Waals surface area contributed by atoms with Gasteiger partial charge in [0.15, 0.2) is 5.78 Å². The highest BCUT2D eigenvalue weighted by atomic mass is 35.5. The second kappa shape index (κ2) is 7.82. The number of carbonyl (C=O) groups excluding carboxylic acids is 1. The molecule has 5 heteroatoms. The number of ketones is 1. The maximum Gasteiger partial charge on any atom is 0.165 e. The Morgan fingerprint density at radius 1 is 1.14 bits per heavy atom. The number of halogens is 1. The molecule has 0 atom stereocenters. The van der Waals surface area contributed by atoms with Crippen LogP contribution in [0, 0.1) is 6.92 Å². The molecule has 0 unspecified atom stereocenters. The summed E-state index contributed by atoms with van der Waals surface area (Å²) < 4.78 is 2.16. The van der Waals surface area contributed by atoms with Crippen molar-refractivity contribution in [2.24, 2.45) is 0 Å². The van der Waals surface area contributed by atoms with Crippen LogP contribution in [-0.4, -0.2) is 15.5 Å². The summed E-state index contributed by atoms with van der Waals surface area (Å²) in [5.74, 6) is 0.252. The van der Waals surface area contributed by atoms with Gasteiger partial charge in [-0.25, -0.2) is 0 Å². The molecule has 28 heavy (non-hydrogen) atoms. The summed E-state index contributed by atoms with van der Waals surface area (Å²) in [5.41, 5.74) is 3.65. The van der Waals surface area contributed by atoms with Gasteiger partial charge in [-0.15, -0.1) is 11.3 Å². The molecule has 2 heterocycles. The zero-order valence-electron chi connectivity index (χ0n) is 15.5. The largest absolute Gasteiger partial charge is 0.508 e. The molecule has 3 nitrogen and oxygen atoms in total. The summed E-state index contributed by atoms with van der Waals surface area (Å²) in [4.78, 5) is 14.4. The average Bonchev–Trinajstić information content (AvgIpc) is 3.27. The molecule has 0 saturated heterocycles. The molecule has 1 N–H and O–H groups in total. The van der Waals surface area contributed by atoms with Crippen molar-refractivity contribution < 1.29 is 9.90 Å². The van der Waals surface area contributed by atoms with Crippen molar-refractivity contribution in [3.8, 4) is 5.75 Å². The Balaban J connectivity index is 1.70. The van der Waals surface area contributed by atoms with Crippen LogP contribution in [-0.2, 0) is 13.0 Å². The van der Waals surface area contributed by atoms with E-state index in [1.807, 2.05) is 43.3 Å². The fourth-order valence-corrected chi connectivity index (χ4v) is 4.57. The monoisotopic (exact) mass is 409 g/mol. The number of aromatic hydroxyl groups is 1. The number of rotatable bonds is 6. The molecule has 0 aliphatic heterocycles. The van der Waals surface area contributed by atoms with E-state index in [2.05, 4.69) is 16.0 Å². The predicted molar refractivity (Wildman–Crippen MR) is 116 cm³/mol. The molecular weight excluding hydrogens is 390 g/mol. The molecule has 4 rings (SSSR count). The highest BCUT2D eigenvalue weighted by Crippen LogP contribution is 2.31. The number of carbonyl (C=O) groups is 1.